The van der Waals surface area contributed by atoms with Crippen molar-refractivity contribution >= 4 is 0 Å². The minimum atomic E-state index is 0. The second-order valence-electron chi connectivity index (χ2n) is 2.56. The zero-order valence-electron chi connectivity index (χ0n) is 9.72. The Hall–Kier alpha value is 0.623. The van der Waals surface area contributed by atoms with Gasteiger partial charge in [0, 0.05) is 0 Å². The maximum absolute atomic E-state index is 3.60. The van der Waals surface area contributed by atoms with Gasteiger partial charge in [-0.15, -0.1) is 0 Å². The molecule has 0 saturated carbocycles. The molecule has 0 atom stereocenters. The number of rotatable bonds is 3. The van der Waals surface area contributed by atoms with Crippen LogP contribution in [0.3, 0.4) is 0 Å². The average molecular weight is 272 g/mol. The van der Waals surface area contributed by atoms with Crippen LogP contribution in [0.4, 0.5) is 0 Å². The molecule has 0 aromatic carbocycles. The summed E-state index contributed by atoms with van der Waals surface area (Å²) in [5, 5.41) is 0. The van der Waals surface area contributed by atoms with Crippen molar-refractivity contribution in [3.8, 4) is 0 Å². The fourth-order valence-electron chi connectivity index (χ4n) is 0. The molecule has 1 radical (unpaired) electrons. The van der Waals surface area contributed by atoms with Crippen LogP contribution in [0.1, 0.15) is 59.3 Å². The molecule has 0 aliphatic carbocycles. The molecule has 0 amide bonds. The summed E-state index contributed by atoms with van der Waals surface area (Å²) in [6.45, 7) is 17.2. The van der Waals surface area contributed by atoms with Crippen molar-refractivity contribution in [1.82, 2.24) is 0 Å². The molecule has 0 unspecified atom stereocenters. The number of hydrogen-bond acceptors (Lipinski definition) is 0. The second kappa shape index (κ2) is 38.9. The van der Waals surface area contributed by atoms with E-state index in [0.717, 1.165) is 19.3 Å². The minimum Gasteiger partial charge on any atom is -0.343 e. The van der Waals surface area contributed by atoms with Crippen molar-refractivity contribution in [1.29, 1.82) is 0 Å². The van der Waals surface area contributed by atoms with Crippen LogP contribution in [0.25, 0.3) is 0 Å². The van der Waals surface area contributed by atoms with Crippen molar-refractivity contribution in [2.24, 2.45) is 0 Å². The van der Waals surface area contributed by atoms with Gasteiger partial charge in [-0.1, -0.05) is 40.0 Å². The van der Waals surface area contributed by atoms with Crippen LogP contribution < -0.4 is 0 Å². The van der Waals surface area contributed by atoms with Crippen LogP contribution in [0, 0.1) is 20.8 Å². The first kappa shape index (κ1) is 23.4. The van der Waals surface area contributed by atoms with Gasteiger partial charge in [-0.2, -0.15) is 19.3 Å². The molecule has 83 valence electrons. The van der Waals surface area contributed by atoms with E-state index in [1.54, 1.807) is 0 Å². The van der Waals surface area contributed by atoms with Gasteiger partial charge in [-0.05, 0) is 0 Å². The van der Waals surface area contributed by atoms with Crippen molar-refractivity contribution in [2.75, 3.05) is 0 Å². The number of unbranched alkanes of at least 4 members (excludes halogenated alkanes) is 3. The molecule has 0 aromatic heterocycles. The molecule has 13 heavy (non-hydrogen) atoms. The van der Waals surface area contributed by atoms with E-state index >= 15 is 0 Å². The van der Waals surface area contributed by atoms with Crippen LogP contribution in [0.2, 0.25) is 0 Å². The van der Waals surface area contributed by atoms with Crippen molar-refractivity contribution in [3.63, 3.8) is 0 Å². The normalized spacial score (nSPS) is 6.92. The third kappa shape index (κ3) is 109. The van der Waals surface area contributed by atoms with Gasteiger partial charge in [0.15, 0.2) is 0 Å². The second-order valence-corrected chi connectivity index (χ2v) is 2.56. The summed E-state index contributed by atoms with van der Waals surface area (Å²) >= 11 is 0. The summed E-state index contributed by atoms with van der Waals surface area (Å²) in [6.07, 6.45) is 6.83. The fraction of sp³-hybridized carbons (Fsp3) is 0.750. The van der Waals surface area contributed by atoms with E-state index in [1.807, 2.05) is 0 Å². The molecule has 0 bridgehead atoms. The topological polar surface area (TPSA) is 0 Å². The third-order valence-corrected chi connectivity index (χ3v) is 1.06. The molecule has 0 aliphatic rings. The summed E-state index contributed by atoms with van der Waals surface area (Å²) in [7, 11) is 0. The van der Waals surface area contributed by atoms with Crippen LogP contribution in [0.15, 0.2) is 0 Å². The van der Waals surface area contributed by atoms with E-state index < -0.39 is 0 Å². The standard InChI is InChI=1S/3C4H9.Ru/c3*1-3-4-2;/h3*1,3-4H2,2H3;/q3*-1;+3. The van der Waals surface area contributed by atoms with Gasteiger partial charge < -0.3 is 20.8 Å². The molecule has 0 rings (SSSR count). The zero-order chi connectivity index (χ0) is 10.2. The first-order valence-electron chi connectivity index (χ1n) is 5.12. The predicted octanol–water partition coefficient (Wildman–Crippen LogP) is 4.86. The van der Waals surface area contributed by atoms with Gasteiger partial charge in [-0.25, -0.2) is 0 Å². The van der Waals surface area contributed by atoms with E-state index in [-0.39, 0.29) is 19.5 Å². The average Bonchev–Trinajstić information content (AvgIpc) is 2.18. The van der Waals surface area contributed by atoms with E-state index in [2.05, 4.69) is 41.5 Å². The molecule has 0 aliphatic heterocycles. The van der Waals surface area contributed by atoms with Gasteiger partial charge in [0.25, 0.3) is 0 Å². The van der Waals surface area contributed by atoms with E-state index in [0.29, 0.717) is 0 Å². The van der Waals surface area contributed by atoms with Crippen LogP contribution >= 0.6 is 0 Å². The maximum atomic E-state index is 3.60. The fourth-order valence-corrected chi connectivity index (χ4v) is 0. The SMILES string of the molecule is [CH2-]CCC.[CH2-]CCC.[CH2-]CCC.[Ru+3]. The van der Waals surface area contributed by atoms with E-state index in [1.165, 1.54) is 19.3 Å². The smallest absolute Gasteiger partial charge is 0.343 e. The van der Waals surface area contributed by atoms with Crippen molar-refractivity contribution in [3.05, 3.63) is 20.8 Å². The van der Waals surface area contributed by atoms with Gasteiger partial charge in [0.05, 0.1) is 0 Å². The Kier molecular flexibility index (Phi) is 70.1. The first-order chi connectivity index (χ1) is 5.74. The molecule has 0 aromatic rings. The summed E-state index contributed by atoms with van der Waals surface area (Å²) < 4.78 is 0. The molecule has 0 saturated heterocycles. The molecule has 0 fully saturated rings. The van der Waals surface area contributed by atoms with Gasteiger partial charge >= 0.3 is 19.5 Å². The Balaban J connectivity index is -0.0000000450. The Morgan fingerprint density at radius 1 is 0.615 bits per heavy atom. The van der Waals surface area contributed by atoms with Crippen LogP contribution in [-0.2, 0) is 19.5 Å². The Bertz CT molecular complexity index is 20.6. The molecular formula is C12H27Ru. The van der Waals surface area contributed by atoms with E-state index in [9.17, 15) is 0 Å². The largest absolute Gasteiger partial charge is 3.00 e. The Morgan fingerprint density at radius 2 is 0.692 bits per heavy atom. The van der Waals surface area contributed by atoms with Crippen LogP contribution in [-0.4, -0.2) is 0 Å². The molecule has 1 heteroatoms. The zero-order valence-corrected chi connectivity index (χ0v) is 11.5. The van der Waals surface area contributed by atoms with Gasteiger partial charge in [-0.3, -0.25) is 0 Å². The maximum Gasteiger partial charge on any atom is 3.00 e. The van der Waals surface area contributed by atoms with Crippen molar-refractivity contribution in [2.45, 2.75) is 59.3 Å². The first-order valence-corrected chi connectivity index (χ1v) is 5.12. The third-order valence-electron chi connectivity index (χ3n) is 1.06. The minimum absolute atomic E-state index is 0. The number of hydrogen-bond donors (Lipinski definition) is 0. The summed E-state index contributed by atoms with van der Waals surface area (Å²) in [6, 6.07) is 0. The van der Waals surface area contributed by atoms with E-state index in [4.69, 9.17) is 0 Å². The monoisotopic (exact) mass is 273 g/mol. The summed E-state index contributed by atoms with van der Waals surface area (Å²) in [5.74, 6) is 0. The van der Waals surface area contributed by atoms with Gasteiger partial charge in [0.1, 0.15) is 0 Å². The summed E-state index contributed by atoms with van der Waals surface area (Å²) in [5.41, 5.74) is 0. The molecule has 0 spiro atoms. The molecule has 0 nitrogen and oxygen atoms in total. The Labute approximate surface area is 99.6 Å². The predicted molar refractivity (Wildman–Crippen MR) is 60.8 cm³/mol. The molecule has 0 heterocycles. The van der Waals surface area contributed by atoms with Crippen LogP contribution in [0.5, 0.6) is 0 Å². The van der Waals surface area contributed by atoms with Gasteiger partial charge in [0.2, 0.25) is 0 Å². The summed E-state index contributed by atoms with van der Waals surface area (Å²) in [4.78, 5) is 0. The molecular weight excluding hydrogens is 245 g/mol. The quantitative estimate of drug-likeness (QED) is 0.508. The Morgan fingerprint density at radius 3 is 0.692 bits per heavy atom. The molecule has 0 N–H and O–H groups in total. The van der Waals surface area contributed by atoms with Crippen molar-refractivity contribution < 1.29 is 19.5 Å².